The molecule has 0 unspecified atom stereocenters. The van der Waals surface area contributed by atoms with E-state index in [9.17, 15) is 27.9 Å². The SMILES string of the molecule is O=C(O)c1nn(C(=O)Nc2ccc(C(F)(F)F)nc2)c2ccc(-c3cccnc3)cc12. The fourth-order valence-electron chi connectivity index (χ4n) is 2.96. The van der Waals surface area contributed by atoms with E-state index in [0.29, 0.717) is 5.56 Å². The van der Waals surface area contributed by atoms with Crippen molar-refractivity contribution < 1.29 is 27.9 Å². The van der Waals surface area contributed by atoms with Crippen molar-refractivity contribution in [1.82, 2.24) is 19.7 Å². The Balaban J connectivity index is 1.70. The number of carboxylic acids is 1. The van der Waals surface area contributed by atoms with Crippen molar-refractivity contribution >= 4 is 28.6 Å². The first-order chi connectivity index (χ1) is 14.7. The molecular weight excluding hydrogens is 415 g/mol. The summed E-state index contributed by atoms with van der Waals surface area (Å²) in [7, 11) is 0. The molecule has 3 aromatic heterocycles. The van der Waals surface area contributed by atoms with E-state index in [2.05, 4.69) is 20.4 Å². The molecule has 0 aliphatic rings. The van der Waals surface area contributed by atoms with Gasteiger partial charge in [0.2, 0.25) is 0 Å². The fourth-order valence-corrected chi connectivity index (χ4v) is 2.96. The molecule has 3 heterocycles. The van der Waals surface area contributed by atoms with Crippen LogP contribution in [0.2, 0.25) is 0 Å². The zero-order valence-corrected chi connectivity index (χ0v) is 15.5. The number of pyridine rings is 2. The van der Waals surface area contributed by atoms with Gasteiger partial charge in [-0.05, 0) is 35.9 Å². The summed E-state index contributed by atoms with van der Waals surface area (Å²) in [6, 6.07) is 9.21. The Morgan fingerprint density at radius 1 is 1.03 bits per heavy atom. The van der Waals surface area contributed by atoms with E-state index in [1.54, 1.807) is 36.7 Å². The molecule has 0 radical (unpaired) electrons. The molecule has 156 valence electrons. The van der Waals surface area contributed by atoms with Gasteiger partial charge in [0.25, 0.3) is 0 Å². The van der Waals surface area contributed by atoms with Crippen LogP contribution in [0.1, 0.15) is 16.2 Å². The zero-order valence-electron chi connectivity index (χ0n) is 15.5. The van der Waals surface area contributed by atoms with E-state index in [-0.39, 0.29) is 22.3 Å². The molecule has 0 aliphatic heterocycles. The van der Waals surface area contributed by atoms with Gasteiger partial charge in [-0.15, -0.1) is 0 Å². The summed E-state index contributed by atoms with van der Waals surface area (Å²) in [6.07, 6.45) is -0.548. The first-order valence-electron chi connectivity index (χ1n) is 8.75. The number of hydrogen-bond acceptors (Lipinski definition) is 5. The molecule has 11 heteroatoms. The largest absolute Gasteiger partial charge is 0.476 e. The number of carbonyl (C=O) groups excluding carboxylic acids is 1. The van der Waals surface area contributed by atoms with Gasteiger partial charge in [-0.2, -0.15) is 23.0 Å². The summed E-state index contributed by atoms with van der Waals surface area (Å²) >= 11 is 0. The summed E-state index contributed by atoms with van der Waals surface area (Å²) < 4.78 is 38.7. The Hall–Kier alpha value is -4.28. The van der Waals surface area contributed by atoms with E-state index in [1.165, 1.54) is 6.07 Å². The number of anilines is 1. The van der Waals surface area contributed by atoms with Crippen LogP contribution in [-0.4, -0.2) is 36.9 Å². The molecule has 0 aliphatic carbocycles. The maximum atomic E-state index is 12.6. The van der Waals surface area contributed by atoms with Gasteiger partial charge in [-0.3, -0.25) is 4.98 Å². The van der Waals surface area contributed by atoms with Gasteiger partial charge < -0.3 is 10.4 Å². The van der Waals surface area contributed by atoms with Crippen molar-refractivity contribution in [1.29, 1.82) is 0 Å². The van der Waals surface area contributed by atoms with Crippen LogP contribution in [0.4, 0.5) is 23.7 Å². The number of carboxylic acid groups (broad SMARTS) is 1. The second-order valence-electron chi connectivity index (χ2n) is 6.40. The third-order valence-corrected chi connectivity index (χ3v) is 4.37. The maximum absolute atomic E-state index is 12.6. The maximum Gasteiger partial charge on any atom is 0.433 e. The van der Waals surface area contributed by atoms with Gasteiger partial charge in [-0.25, -0.2) is 14.6 Å². The number of nitrogens with one attached hydrogen (secondary N) is 1. The first-order valence-corrected chi connectivity index (χ1v) is 8.75. The van der Waals surface area contributed by atoms with Crippen LogP contribution in [0.25, 0.3) is 22.0 Å². The molecular formula is C20H12F3N5O3. The number of aromatic carboxylic acids is 1. The lowest BCUT2D eigenvalue weighted by Crippen LogP contribution is -2.21. The third kappa shape index (κ3) is 3.92. The normalized spacial score (nSPS) is 11.5. The number of amides is 1. The fraction of sp³-hybridized carbons (Fsp3) is 0.0500. The lowest BCUT2D eigenvalue weighted by atomic mass is 10.0. The molecule has 4 aromatic rings. The second kappa shape index (κ2) is 7.52. The molecule has 1 aromatic carbocycles. The Bertz CT molecular complexity index is 1290. The summed E-state index contributed by atoms with van der Waals surface area (Å²) in [4.78, 5) is 31.6. The van der Waals surface area contributed by atoms with Gasteiger partial charge in [0.15, 0.2) is 5.69 Å². The topological polar surface area (TPSA) is 110 Å². The average Bonchev–Trinajstić information content (AvgIpc) is 3.13. The molecule has 31 heavy (non-hydrogen) atoms. The van der Waals surface area contributed by atoms with Crippen molar-refractivity contribution in [2.24, 2.45) is 0 Å². The van der Waals surface area contributed by atoms with E-state index in [4.69, 9.17) is 0 Å². The number of alkyl halides is 3. The molecule has 0 bridgehead atoms. The van der Waals surface area contributed by atoms with Crippen molar-refractivity contribution in [3.05, 3.63) is 72.4 Å². The quantitative estimate of drug-likeness (QED) is 0.505. The smallest absolute Gasteiger partial charge is 0.433 e. The molecule has 0 fully saturated rings. The average molecular weight is 427 g/mol. The Morgan fingerprint density at radius 3 is 2.45 bits per heavy atom. The van der Waals surface area contributed by atoms with Crippen molar-refractivity contribution in [2.45, 2.75) is 6.18 Å². The Labute approximate surface area is 172 Å². The number of halogens is 3. The highest BCUT2D eigenvalue weighted by Gasteiger charge is 2.32. The predicted octanol–water partition coefficient (Wildman–Crippen LogP) is 4.29. The molecule has 8 nitrogen and oxygen atoms in total. The minimum atomic E-state index is -4.61. The minimum Gasteiger partial charge on any atom is -0.476 e. The molecule has 2 N–H and O–H groups in total. The number of nitrogens with zero attached hydrogens (tertiary/aromatic N) is 4. The molecule has 1 amide bonds. The van der Waals surface area contributed by atoms with Crippen LogP contribution in [0.3, 0.4) is 0 Å². The number of carbonyl (C=O) groups is 2. The second-order valence-corrected chi connectivity index (χ2v) is 6.40. The molecule has 0 saturated carbocycles. The van der Waals surface area contributed by atoms with Gasteiger partial charge in [0, 0.05) is 23.3 Å². The lowest BCUT2D eigenvalue weighted by Gasteiger charge is -2.08. The van der Waals surface area contributed by atoms with Gasteiger partial charge in [0.05, 0.1) is 17.4 Å². The van der Waals surface area contributed by atoms with Crippen LogP contribution < -0.4 is 5.32 Å². The minimum absolute atomic E-state index is 0.00879. The summed E-state index contributed by atoms with van der Waals surface area (Å²) in [5.41, 5.74) is 0.171. The number of hydrogen-bond donors (Lipinski definition) is 2. The van der Waals surface area contributed by atoms with E-state index in [1.807, 2.05) is 0 Å². The van der Waals surface area contributed by atoms with Gasteiger partial charge >= 0.3 is 18.2 Å². The first kappa shape index (κ1) is 20.0. The number of aromatic nitrogens is 4. The summed E-state index contributed by atoms with van der Waals surface area (Å²) in [5.74, 6) is -1.34. The van der Waals surface area contributed by atoms with E-state index >= 15 is 0 Å². The Kier molecular flexibility index (Phi) is 4.85. The number of fused-ring (bicyclic) bond motifs is 1. The van der Waals surface area contributed by atoms with Gasteiger partial charge in [-0.1, -0.05) is 12.1 Å². The molecule has 0 spiro atoms. The predicted molar refractivity (Wildman–Crippen MR) is 104 cm³/mol. The molecule has 0 saturated heterocycles. The number of rotatable bonds is 3. The summed E-state index contributed by atoms with van der Waals surface area (Å²) in [6.45, 7) is 0. The van der Waals surface area contributed by atoms with Crippen LogP contribution in [0.5, 0.6) is 0 Å². The molecule has 4 rings (SSSR count). The van der Waals surface area contributed by atoms with E-state index < -0.39 is 23.9 Å². The summed E-state index contributed by atoms with van der Waals surface area (Å²) in [5, 5.41) is 15.9. The third-order valence-electron chi connectivity index (χ3n) is 4.37. The van der Waals surface area contributed by atoms with E-state index in [0.717, 1.165) is 28.6 Å². The highest BCUT2D eigenvalue weighted by atomic mass is 19.4. The van der Waals surface area contributed by atoms with Crippen LogP contribution in [0, 0.1) is 0 Å². The van der Waals surface area contributed by atoms with Crippen molar-refractivity contribution in [2.75, 3.05) is 5.32 Å². The van der Waals surface area contributed by atoms with Crippen molar-refractivity contribution in [3.8, 4) is 11.1 Å². The van der Waals surface area contributed by atoms with Crippen molar-refractivity contribution in [3.63, 3.8) is 0 Å². The zero-order chi connectivity index (χ0) is 22.2. The highest BCUT2D eigenvalue weighted by Crippen LogP contribution is 2.29. The van der Waals surface area contributed by atoms with Crippen LogP contribution >= 0.6 is 0 Å². The van der Waals surface area contributed by atoms with Crippen LogP contribution in [0.15, 0.2) is 61.1 Å². The van der Waals surface area contributed by atoms with Gasteiger partial charge in [0.1, 0.15) is 5.69 Å². The Morgan fingerprint density at radius 2 is 1.84 bits per heavy atom. The standard InChI is InChI=1S/C20H12F3N5O3/c21-20(22,23)16-6-4-13(10-25-16)26-19(31)28-15-5-3-11(12-2-1-7-24-9-12)8-14(15)17(27-28)18(29)30/h1-10H,(H,26,31)(H,29,30). The van der Waals surface area contributed by atoms with Crippen LogP contribution in [-0.2, 0) is 6.18 Å². The monoisotopic (exact) mass is 427 g/mol. The lowest BCUT2D eigenvalue weighted by molar-refractivity contribution is -0.141. The molecule has 0 atom stereocenters. The highest BCUT2D eigenvalue weighted by molar-refractivity contribution is 6.06. The number of benzene rings is 1.